The molecule has 0 saturated carbocycles. The van der Waals surface area contributed by atoms with Crippen LogP contribution >= 0.6 is 35.7 Å². The summed E-state index contributed by atoms with van der Waals surface area (Å²) < 4.78 is 2.52. The number of benzene rings is 1. The van der Waals surface area contributed by atoms with Crippen LogP contribution in [0.5, 0.6) is 0 Å². The van der Waals surface area contributed by atoms with Crippen LogP contribution in [-0.4, -0.2) is 41.7 Å². The zero-order valence-electron chi connectivity index (χ0n) is 15.0. The first kappa shape index (κ1) is 21.2. The van der Waals surface area contributed by atoms with E-state index in [-0.39, 0.29) is 28.7 Å². The molecule has 1 aromatic carbocycles. The Morgan fingerprint density at radius 3 is 2.67 bits per heavy atom. The van der Waals surface area contributed by atoms with Crippen molar-refractivity contribution in [2.45, 2.75) is 31.6 Å². The molecule has 0 aliphatic rings. The minimum atomic E-state index is 0. The van der Waals surface area contributed by atoms with Crippen LogP contribution in [-0.2, 0) is 6.54 Å². The molecule has 2 N–H and O–H groups in total. The predicted molar refractivity (Wildman–Crippen MR) is 119 cm³/mol. The van der Waals surface area contributed by atoms with Gasteiger partial charge in [0.1, 0.15) is 0 Å². The lowest BCUT2D eigenvalue weighted by atomic mass is 10.2. The number of nitrogens with zero attached hydrogens (tertiary/aromatic N) is 2. The van der Waals surface area contributed by atoms with Gasteiger partial charge in [-0.05, 0) is 44.0 Å². The second-order valence-corrected chi connectivity index (χ2v) is 7.75. The van der Waals surface area contributed by atoms with E-state index in [0.29, 0.717) is 0 Å². The first-order chi connectivity index (χ1) is 11.1. The number of hydrogen-bond donors (Lipinski definition) is 2. The molecule has 1 heterocycles. The number of rotatable bonds is 7. The highest BCUT2D eigenvalue weighted by Crippen LogP contribution is 2.19. The maximum atomic E-state index is 4.29. The molecular formula is C18H29IN4S. The van der Waals surface area contributed by atoms with Gasteiger partial charge in [0.05, 0.1) is 0 Å². The van der Waals surface area contributed by atoms with E-state index in [2.05, 4.69) is 76.8 Å². The highest BCUT2D eigenvalue weighted by atomic mass is 127. The number of aliphatic imine (C=N–C) groups is 1. The van der Waals surface area contributed by atoms with Gasteiger partial charge in [-0.1, -0.05) is 18.2 Å². The molecule has 0 fully saturated rings. The first-order valence-corrected chi connectivity index (χ1v) is 9.32. The van der Waals surface area contributed by atoms with Crippen LogP contribution in [0, 0.1) is 0 Å². The van der Waals surface area contributed by atoms with E-state index in [1.807, 2.05) is 18.8 Å². The molecule has 0 unspecified atom stereocenters. The van der Waals surface area contributed by atoms with E-state index < -0.39 is 0 Å². The van der Waals surface area contributed by atoms with Gasteiger partial charge in [-0.2, -0.15) is 11.8 Å². The van der Waals surface area contributed by atoms with Gasteiger partial charge in [0.2, 0.25) is 0 Å². The monoisotopic (exact) mass is 460 g/mol. The summed E-state index contributed by atoms with van der Waals surface area (Å²) in [6.07, 6.45) is 5.36. The van der Waals surface area contributed by atoms with Crippen LogP contribution < -0.4 is 10.6 Å². The number of aryl methyl sites for hydroxylation is 1. The lowest BCUT2D eigenvalue weighted by Gasteiger charge is -2.23. The molecule has 0 spiro atoms. The number of nitrogens with one attached hydrogen (secondary N) is 2. The van der Waals surface area contributed by atoms with Crippen LogP contribution in [0.4, 0.5) is 0 Å². The Morgan fingerprint density at radius 2 is 1.96 bits per heavy atom. The largest absolute Gasteiger partial charge is 0.356 e. The predicted octanol–water partition coefficient (Wildman–Crippen LogP) is 3.96. The molecule has 0 aliphatic heterocycles. The van der Waals surface area contributed by atoms with Crippen LogP contribution in [0.25, 0.3) is 10.9 Å². The Kier molecular flexibility index (Phi) is 8.97. The van der Waals surface area contributed by atoms with E-state index in [1.165, 1.54) is 10.9 Å². The number of fused-ring (bicyclic) bond motifs is 1. The minimum absolute atomic E-state index is 0. The van der Waals surface area contributed by atoms with E-state index in [9.17, 15) is 0 Å². The van der Waals surface area contributed by atoms with Gasteiger partial charge < -0.3 is 15.2 Å². The number of aromatic nitrogens is 1. The van der Waals surface area contributed by atoms with Gasteiger partial charge in [-0.25, -0.2) is 0 Å². The van der Waals surface area contributed by atoms with Crippen molar-refractivity contribution in [2.24, 2.45) is 4.99 Å². The third-order valence-electron chi connectivity index (χ3n) is 4.01. The fourth-order valence-electron chi connectivity index (χ4n) is 2.38. The maximum Gasteiger partial charge on any atom is 0.191 e. The minimum Gasteiger partial charge on any atom is -0.356 e. The van der Waals surface area contributed by atoms with Gasteiger partial charge >= 0.3 is 0 Å². The molecule has 1 aromatic heterocycles. The summed E-state index contributed by atoms with van der Waals surface area (Å²) in [4.78, 5) is 4.29. The highest BCUT2D eigenvalue weighted by Gasteiger charge is 2.15. The standard InChI is InChI=1S/C18H28N4S.HI/c1-18(2,23-4)14-21-17(19-3)20-11-7-12-22-13-10-15-8-5-6-9-16(15)22;/h5-6,8-10,13H,7,11-12,14H2,1-4H3,(H2,19,20,21);1H. The number of guanidine groups is 1. The molecule has 2 rings (SSSR count). The van der Waals surface area contributed by atoms with Crippen molar-refractivity contribution in [3.05, 3.63) is 36.5 Å². The van der Waals surface area contributed by atoms with Crippen molar-refractivity contribution in [1.82, 2.24) is 15.2 Å². The molecule has 0 bridgehead atoms. The van der Waals surface area contributed by atoms with Gasteiger partial charge in [0.25, 0.3) is 0 Å². The Balaban J connectivity index is 0.00000288. The average Bonchev–Trinajstić information content (AvgIpc) is 2.97. The molecule has 0 amide bonds. The SMILES string of the molecule is CN=C(NCCCn1ccc2ccccc21)NCC(C)(C)SC.I. The van der Waals surface area contributed by atoms with Gasteiger partial charge in [0.15, 0.2) is 5.96 Å². The second-order valence-electron chi connectivity index (χ2n) is 6.24. The maximum absolute atomic E-state index is 4.29. The second kappa shape index (κ2) is 10.2. The molecule has 2 aromatic rings. The van der Waals surface area contributed by atoms with Gasteiger partial charge in [-0.3, -0.25) is 4.99 Å². The molecule has 0 radical (unpaired) electrons. The first-order valence-electron chi connectivity index (χ1n) is 8.09. The third kappa shape index (κ3) is 6.20. The fraction of sp³-hybridized carbons (Fsp3) is 0.500. The smallest absolute Gasteiger partial charge is 0.191 e. The number of hydrogen-bond acceptors (Lipinski definition) is 2. The number of thioether (sulfide) groups is 1. The molecule has 4 nitrogen and oxygen atoms in total. The van der Waals surface area contributed by atoms with Crippen molar-refractivity contribution in [2.75, 3.05) is 26.4 Å². The third-order valence-corrected chi connectivity index (χ3v) is 5.26. The van der Waals surface area contributed by atoms with Crippen molar-refractivity contribution in [3.8, 4) is 0 Å². The Bertz CT molecular complexity index is 651. The summed E-state index contributed by atoms with van der Waals surface area (Å²) >= 11 is 1.86. The molecule has 6 heteroatoms. The molecule has 0 aliphatic carbocycles. The van der Waals surface area contributed by atoms with Gasteiger partial charge in [0, 0.05) is 43.1 Å². The van der Waals surface area contributed by atoms with E-state index >= 15 is 0 Å². The lowest BCUT2D eigenvalue weighted by Crippen LogP contribution is -2.43. The lowest BCUT2D eigenvalue weighted by molar-refractivity contribution is 0.628. The summed E-state index contributed by atoms with van der Waals surface area (Å²) in [5.74, 6) is 0.879. The van der Waals surface area contributed by atoms with Crippen LogP contribution in [0.1, 0.15) is 20.3 Å². The zero-order chi connectivity index (χ0) is 16.7. The summed E-state index contributed by atoms with van der Waals surface area (Å²) in [6.45, 7) is 7.28. The Hall–Kier alpha value is -0.890. The summed E-state index contributed by atoms with van der Waals surface area (Å²) in [5, 5.41) is 8.09. The summed E-state index contributed by atoms with van der Waals surface area (Å²) in [5.41, 5.74) is 1.30. The summed E-state index contributed by atoms with van der Waals surface area (Å²) in [7, 11) is 1.82. The molecule has 0 atom stereocenters. The topological polar surface area (TPSA) is 41.4 Å². The van der Waals surface area contributed by atoms with Gasteiger partial charge in [-0.15, -0.1) is 24.0 Å². The Labute approximate surface area is 166 Å². The van der Waals surface area contributed by atoms with Crippen LogP contribution in [0.3, 0.4) is 0 Å². The molecule has 134 valence electrons. The van der Waals surface area contributed by atoms with E-state index in [0.717, 1.165) is 32.0 Å². The summed E-state index contributed by atoms with van der Waals surface area (Å²) in [6, 6.07) is 10.7. The van der Waals surface area contributed by atoms with E-state index in [4.69, 9.17) is 0 Å². The van der Waals surface area contributed by atoms with Crippen molar-refractivity contribution in [3.63, 3.8) is 0 Å². The van der Waals surface area contributed by atoms with Crippen LogP contribution in [0.2, 0.25) is 0 Å². The van der Waals surface area contributed by atoms with E-state index in [1.54, 1.807) is 0 Å². The number of para-hydroxylation sites is 1. The molecule has 24 heavy (non-hydrogen) atoms. The zero-order valence-corrected chi connectivity index (χ0v) is 18.2. The molecule has 0 saturated heterocycles. The van der Waals surface area contributed by atoms with Crippen molar-refractivity contribution >= 4 is 52.6 Å². The molecular weight excluding hydrogens is 431 g/mol. The highest BCUT2D eigenvalue weighted by molar-refractivity contribution is 14.0. The number of halogens is 1. The quantitative estimate of drug-likeness (QED) is 0.285. The van der Waals surface area contributed by atoms with Crippen LogP contribution in [0.15, 0.2) is 41.5 Å². The fourth-order valence-corrected chi connectivity index (χ4v) is 2.60. The average molecular weight is 460 g/mol. The van der Waals surface area contributed by atoms with Crippen molar-refractivity contribution in [1.29, 1.82) is 0 Å². The normalized spacial score (nSPS) is 12.1. The van der Waals surface area contributed by atoms with Crippen molar-refractivity contribution < 1.29 is 0 Å². The Morgan fingerprint density at radius 1 is 1.21 bits per heavy atom.